The van der Waals surface area contributed by atoms with E-state index in [1.807, 2.05) is 43.3 Å². The number of rotatable bonds is 4. The largest absolute Gasteiger partial charge is 0.486 e. The zero-order chi connectivity index (χ0) is 22.1. The Hall–Kier alpha value is -4.13. The number of hydrogen-bond donors (Lipinski definition) is 1. The summed E-state index contributed by atoms with van der Waals surface area (Å²) in [6.07, 6.45) is 0. The van der Waals surface area contributed by atoms with Crippen molar-refractivity contribution in [3.63, 3.8) is 0 Å². The maximum atomic E-state index is 13.3. The Morgan fingerprint density at radius 3 is 2.41 bits per heavy atom. The van der Waals surface area contributed by atoms with Crippen LogP contribution in [0, 0.1) is 0 Å². The van der Waals surface area contributed by atoms with E-state index in [1.54, 1.807) is 36.4 Å². The van der Waals surface area contributed by atoms with Gasteiger partial charge in [-0.2, -0.15) is 9.78 Å². The minimum absolute atomic E-state index is 0.188. The van der Waals surface area contributed by atoms with Gasteiger partial charge in [0.05, 0.1) is 17.1 Å². The van der Waals surface area contributed by atoms with E-state index in [0.29, 0.717) is 41.2 Å². The Morgan fingerprint density at radius 2 is 1.62 bits per heavy atom. The Labute approximate surface area is 184 Å². The molecule has 4 aromatic rings. The number of carbonyl (C=O) groups excluding carboxylic acids is 1. The third-order valence-corrected chi connectivity index (χ3v) is 5.43. The Balaban J connectivity index is 1.52. The summed E-state index contributed by atoms with van der Waals surface area (Å²) in [5, 5.41) is 8.38. The lowest BCUT2D eigenvalue weighted by atomic mass is 10.1. The molecule has 7 heteroatoms. The highest BCUT2D eigenvalue weighted by Crippen LogP contribution is 2.32. The van der Waals surface area contributed by atoms with Crippen LogP contribution < -0.4 is 20.3 Å². The highest BCUT2D eigenvalue weighted by molar-refractivity contribution is 6.05. The highest BCUT2D eigenvalue weighted by atomic mass is 16.6. The molecule has 1 aromatic heterocycles. The van der Waals surface area contributed by atoms with Crippen molar-refractivity contribution in [3.05, 3.63) is 94.4 Å². The second-order valence-corrected chi connectivity index (χ2v) is 7.54. The molecule has 0 bridgehead atoms. The van der Waals surface area contributed by atoms with Gasteiger partial charge < -0.3 is 14.8 Å². The fourth-order valence-electron chi connectivity index (χ4n) is 3.78. The summed E-state index contributed by atoms with van der Waals surface area (Å²) < 4.78 is 12.5. The molecule has 1 aliphatic heterocycles. The third-order valence-electron chi connectivity index (χ3n) is 5.43. The molecule has 2 heterocycles. The van der Waals surface area contributed by atoms with Gasteiger partial charge in [-0.1, -0.05) is 42.5 Å². The van der Waals surface area contributed by atoms with Gasteiger partial charge in [-0.05, 0) is 42.8 Å². The summed E-state index contributed by atoms with van der Waals surface area (Å²) in [6, 6.07) is 21.4. The van der Waals surface area contributed by atoms with Crippen LogP contribution in [0.15, 0.2) is 77.6 Å². The van der Waals surface area contributed by atoms with E-state index >= 15 is 0 Å². The maximum absolute atomic E-state index is 13.3. The van der Waals surface area contributed by atoms with Crippen LogP contribution in [0.5, 0.6) is 11.5 Å². The molecule has 0 aliphatic carbocycles. The number of para-hydroxylation sites is 1. The summed E-state index contributed by atoms with van der Waals surface area (Å²) in [6.45, 7) is 2.90. The quantitative estimate of drug-likeness (QED) is 0.538. The zero-order valence-electron chi connectivity index (χ0n) is 17.4. The molecule has 0 fully saturated rings. The number of amides is 1. The van der Waals surface area contributed by atoms with Crippen molar-refractivity contribution < 1.29 is 14.3 Å². The molecule has 0 radical (unpaired) electrons. The monoisotopic (exact) mass is 427 g/mol. The molecule has 0 unspecified atom stereocenters. The first-order valence-electron chi connectivity index (χ1n) is 10.4. The summed E-state index contributed by atoms with van der Waals surface area (Å²) in [7, 11) is 0. The van der Waals surface area contributed by atoms with Crippen molar-refractivity contribution in [3.8, 4) is 17.2 Å². The van der Waals surface area contributed by atoms with E-state index in [4.69, 9.17) is 9.47 Å². The molecule has 0 saturated heterocycles. The molecular formula is C25H21N3O4. The van der Waals surface area contributed by atoms with Gasteiger partial charge in [0.1, 0.15) is 13.2 Å². The van der Waals surface area contributed by atoms with Gasteiger partial charge in [0, 0.05) is 5.39 Å². The van der Waals surface area contributed by atoms with Gasteiger partial charge in [0.25, 0.3) is 11.5 Å². The van der Waals surface area contributed by atoms with Gasteiger partial charge >= 0.3 is 0 Å². The fourth-order valence-corrected chi connectivity index (χ4v) is 3.78. The fraction of sp³-hybridized carbons (Fsp3) is 0.160. The second kappa shape index (κ2) is 8.19. The van der Waals surface area contributed by atoms with Gasteiger partial charge in [-0.15, -0.1) is 0 Å². The number of aromatic nitrogens is 2. The summed E-state index contributed by atoms with van der Waals surface area (Å²) in [4.78, 5) is 26.3. The summed E-state index contributed by atoms with van der Waals surface area (Å²) in [5.74, 6) is 0.991. The maximum Gasteiger partial charge on any atom is 0.279 e. The number of carbonyl (C=O) groups is 1. The van der Waals surface area contributed by atoms with Crippen molar-refractivity contribution in [2.75, 3.05) is 13.2 Å². The number of hydrogen-bond acceptors (Lipinski definition) is 5. The van der Waals surface area contributed by atoms with Crippen LogP contribution in [0.1, 0.15) is 29.0 Å². The van der Waals surface area contributed by atoms with Crippen LogP contribution in [0.25, 0.3) is 16.5 Å². The van der Waals surface area contributed by atoms with Crippen molar-refractivity contribution in [2.24, 2.45) is 0 Å². The van der Waals surface area contributed by atoms with Crippen LogP contribution in [0.3, 0.4) is 0 Å². The number of fused-ring (bicyclic) bond motifs is 2. The van der Waals surface area contributed by atoms with Crippen LogP contribution in [-0.4, -0.2) is 28.9 Å². The second-order valence-electron chi connectivity index (χ2n) is 7.54. The van der Waals surface area contributed by atoms with Crippen LogP contribution >= 0.6 is 0 Å². The van der Waals surface area contributed by atoms with Crippen LogP contribution in [0.4, 0.5) is 0 Å². The molecule has 7 nitrogen and oxygen atoms in total. The normalized spacial score (nSPS) is 13.5. The lowest BCUT2D eigenvalue weighted by molar-refractivity contribution is 0.0935. The molecule has 1 amide bonds. The minimum atomic E-state index is -0.367. The summed E-state index contributed by atoms with van der Waals surface area (Å²) in [5.41, 5.74) is 1.39. The van der Waals surface area contributed by atoms with E-state index in [0.717, 1.165) is 5.56 Å². The van der Waals surface area contributed by atoms with Gasteiger partial charge in [0.15, 0.2) is 17.2 Å². The van der Waals surface area contributed by atoms with Crippen LogP contribution in [-0.2, 0) is 0 Å². The number of benzene rings is 3. The molecule has 0 saturated carbocycles. The average molecular weight is 427 g/mol. The van der Waals surface area contributed by atoms with E-state index in [-0.39, 0.29) is 23.2 Å². The topological polar surface area (TPSA) is 82.5 Å². The van der Waals surface area contributed by atoms with Gasteiger partial charge in [-0.3, -0.25) is 9.59 Å². The first-order chi connectivity index (χ1) is 15.6. The minimum Gasteiger partial charge on any atom is -0.486 e. The van der Waals surface area contributed by atoms with E-state index in [9.17, 15) is 9.59 Å². The highest BCUT2D eigenvalue weighted by Gasteiger charge is 2.21. The SMILES string of the molecule is C[C@H](NC(=O)c1nn(-c2ccccc2)c(=O)c2ccccc12)c1ccc2c(c1)OCCO2. The van der Waals surface area contributed by atoms with Crippen molar-refractivity contribution in [1.29, 1.82) is 0 Å². The molecule has 3 aromatic carbocycles. The molecule has 32 heavy (non-hydrogen) atoms. The first kappa shape index (κ1) is 19.8. The molecule has 1 atom stereocenters. The van der Waals surface area contributed by atoms with Gasteiger partial charge in [-0.25, -0.2) is 0 Å². The predicted molar refractivity (Wildman–Crippen MR) is 121 cm³/mol. The van der Waals surface area contributed by atoms with Crippen molar-refractivity contribution in [2.45, 2.75) is 13.0 Å². The number of nitrogens with one attached hydrogen (secondary N) is 1. The molecular weight excluding hydrogens is 406 g/mol. The van der Waals surface area contributed by atoms with E-state index in [1.165, 1.54) is 4.68 Å². The van der Waals surface area contributed by atoms with Crippen LogP contribution in [0.2, 0.25) is 0 Å². The first-order valence-corrected chi connectivity index (χ1v) is 10.4. The lowest BCUT2D eigenvalue weighted by Crippen LogP contribution is -2.31. The smallest absolute Gasteiger partial charge is 0.279 e. The molecule has 160 valence electrons. The Bertz CT molecular complexity index is 1360. The van der Waals surface area contributed by atoms with Crippen molar-refractivity contribution >= 4 is 16.7 Å². The summed E-state index contributed by atoms with van der Waals surface area (Å²) >= 11 is 0. The predicted octanol–water partition coefficient (Wildman–Crippen LogP) is 3.65. The molecule has 1 N–H and O–H groups in total. The Kier molecular flexibility index (Phi) is 5.07. The average Bonchev–Trinajstić information content (AvgIpc) is 2.84. The van der Waals surface area contributed by atoms with E-state index in [2.05, 4.69) is 10.4 Å². The molecule has 0 spiro atoms. The van der Waals surface area contributed by atoms with E-state index < -0.39 is 0 Å². The standard InChI is InChI=1S/C25H21N3O4/c1-16(17-11-12-21-22(15-17)32-14-13-31-21)26-24(29)23-19-9-5-6-10-20(19)25(30)28(27-23)18-7-3-2-4-8-18/h2-12,15-16H,13-14H2,1H3,(H,26,29)/t16-/m0/s1. The zero-order valence-corrected chi connectivity index (χ0v) is 17.4. The Morgan fingerprint density at radius 1 is 0.938 bits per heavy atom. The number of ether oxygens (including phenoxy) is 2. The van der Waals surface area contributed by atoms with Crippen molar-refractivity contribution in [1.82, 2.24) is 15.1 Å². The van der Waals surface area contributed by atoms with Gasteiger partial charge in [0.2, 0.25) is 0 Å². The third kappa shape index (κ3) is 3.58. The number of nitrogens with zero attached hydrogens (tertiary/aromatic N) is 2. The molecule has 5 rings (SSSR count). The molecule has 1 aliphatic rings. The lowest BCUT2D eigenvalue weighted by Gasteiger charge is -2.21.